The molecule has 0 aromatic carbocycles. The molecule has 1 atom stereocenters. The molecular formula is C9H12O3. The van der Waals surface area contributed by atoms with Gasteiger partial charge in [-0.3, -0.25) is 0 Å². The van der Waals surface area contributed by atoms with Gasteiger partial charge in [0.05, 0.1) is 13.2 Å². The first kappa shape index (κ1) is 9.08. The molecule has 0 saturated carbocycles. The Morgan fingerprint density at radius 2 is 2.58 bits per heavy atom. The van der Waals surface area contributed by atoms with Gasteiger partial charge in [0.15, 0.2) is 0 Å². The van der Waals surface area contributed by atoms with E-state index in [4.69, 9.17) is 4.74 Å². The van der Waals surface area contributed by atoms with Crippen LogP contribution in [0.15, 0.2) is 0 Å². The minimum atomic E-state index is -0.440. The molecule has 1 rings (SSSR count). The van der Waals surface area contributed by atoms with Crippen LogP contribution >= 0.6 is 0 Å². The van der Waals surface area contributed by atoms with Gasteiger partial charge >= 0.3 is 5.97 Å². The summed E-state index contributed by atoms with van der Waals surface area (Å²) >= 11 is 0. The molecule has 3 nitrogen and oxygen atoms in total. The van der Waals surface area contributed by atoms with Gasteiger partial charge in [-0.15, -0.1) is 0 Å². The first-order valence-corrected chi connectivity index (χ1v) is 4.09. The maximum atomic E-state index is 10.8. The zero-order valence-electron chi connectivity index (χ0n) is 7.13. The van der Waals surface area contributed by atoms with Crippen LogP contribution in [0, 0.1) is 17.8 Å². The van der Waals surface area contributed by atoms with E-state index in [0.717, 1.165) is 13.0 Å². The molecule has 1 aliphatic rings. The van der Waals surface area contributed by atoms with Gasteiger partial charge in [0.2, 0.25) is 0 Å². The molecular weight excluding hydrogens is 156 g/mol. The average molecular weight is 168 g/mol. The van der Waals surface area contributed by atoms with Crippen LogP contribution < -0.4 is 0 Å². The number of rotatable bonds is 1. The number of ether oxygens (including phenoxy) is 2. The quantitative estimate of drug-likeness (QED) is 0.326. The Bertz CT molecular complexity index is 206. The second kappa shape index (κ2) is 4.78. The lowest BCUT2D eigenvalue weighted by Crippen LogP contribution is -2.02. The highest BCUT2D eigenvalue weighted by atomic mass is 16.5. The lowest BCUT2D eigenvalue weighted by molar-refractivity contribution is -0.136. The van der Waals surface area contributed by atoms with Crippen LogP contribution in [-0.4, -0.2) is 25.8 Å². The Morgan fingerprint density at radius 1 is 1.75 bits per heavy atom. The summed E-state index contributed by atoms with van der Waals surface area (Å²) < 4.78 is 9.74. The second-order valence-electron chi connectivity index (χ2n) is 2.55. The van der Waals surface area contributed by atoms with Crippen LogP contribution in [-0.2, 0) is 14.3 Å². The molecule has 0 amide bonds. The van der Waals surface area contributed by atoms with Crippen molar-refractivity contribution < 1.29 is 14.3 Å². The van der Waals surface area contributed by atoms with Crippen molar-refractivity contribution >= 4 is 5.97 Å². The van der Waals surface area contributed by atoms with Gasteiger partial charge in [0, 0.05) is 18.4 Å². The zero-order chi connectivity index (χ0) is 8.81. The fourth-order valence-electron chi connectivity index (χ4n) is 0.977. The monoisotopic (exact) mass is 168 g/mol. The lowest BCUT2D eigenvalue weighted by atomic mass is 10.1. The summed E-state index contributed by atoms with van der Waals surface area (Å²) in [6.45, 7) is 3.54. The number of hydrogen-bond acceptors (Lipinski definition) is 3. The van der Waals surface area contributed by atoms with Crippen LogP contribution in [0.1, 0.15) is 13.3 Å². The van der Waals surface area contributed by atoms with Crippen LogP contribution in [0.25, 0.3) is 0 Å². The summed E-state index contributed by atoms with van der Waals surface area (Å²) in [5.74, 6) is 5.03. The van der Waals surface area contributed by atoms with E-state index in [0.29, 0.717) is 13.2 Å². The molecule has 1 aliphatic heterocycles. The topological polar surface area (TPSA) is 35.5 Å². The van der Waals surface area contributed by atoms with Gasteiger partial charge in [-0.05, 0) is 13.3 Å². The molecule has 0 aliphatic carbocycles. The number of esters is 1. The smallest absolute Gasteiger partial charge is 0.384 e. The third-order valence-electron chi connectivity index (χ3n) is 1.58. The summed E-state index contributed by atoms with van der Waals surface area (Å²) in [7, 11) is 0. The van der Waals surface area contributed by atoms with Crippen LogP contribution in [0.3, 0.4) is 0 Å². The SMILES string of the molecule is CCOC(=O)C#CC1CCOC1. The van der Waals surface area contributed by atoms with Crippen molar-refractivity contribution in [1.82, 2.24) is 0 Å². The predicted octanol–water partition coefficient (Wildman–Crippen LogP) is 0.589. The van der Waals surface area contributed by atoms with E-state index in [1.807, 2.05) is 0 Å². The molecule has 1 fully saturated rings. The predicted molar refractivity (Wildman–Crippen MR) is 43.3 cm³/mol. The van der Waals surface area contributed by atoms with E-state index in [9.17, 15) is 4.79 Å². The van der Waals surface area contributed by atoms with Crippen LogP contribution in [0.4, 0.5) is 0 Å². The van der Waals surface area contributed by atoms with Gasteiger partial charge in [-0.1, -0.05) is 5.92 Å². The highest BCUT2D eigenvalue weighted by molar-refractivity contribution is 5.88. The molecule has 0 spiro atoms. The third kappa shape index (κ3) is 2.93. The molecule has 0 aromatic heterocycles. The van der Waals surface area contributed by atoms with E-state index in [1.165, 1.54) is 0 Å². The largest absolute Gasteiger partial charge is 0.456 e. The minimum absolute atomic E-state index is 0.217. The molecule has 1 saturated heterocycles. The zero-order valence-corrected chi connectivity index (χ0v) is 7.13. The van der Waals surface area contributed by atoms with Crippen LogP contribution in [0.2, 0.25) is 0 Å². The first-order valence-electron chi connectivity index (χ1n) is 4.09. The number of carbonyl (C=O) groups is 1. The van der Waals surface area contributed by atoms with Crippen molar-refractivity contribution in [1.29, 1.82) is 0 Å². The van der Waals surface area contributed by atoms with Crippen molar-refractivity contribution in [3.05, 3.63) is 0 Å². The summed E-state index contributed by atoms with van der Waals surface area (Å²) in [4.78, 5) is 10.8. The molecule has 0 radical (unpaired) electrons. The van der Waals surface area contributed by atoms with Crippen LogP contribution in [0.5, 0.6) is 0 Å². The van der Waals surface area contributed by atoms with Gasteiger partial charge in [0.1, 0.15) is 0 Å². The van der Waals surface area contributed by atoms with Crippen molar-refractivity contribution in [2.75, 3.05) is 19.8 Å². The Labute approximate surface area is 72.0 Å². The normalized spacial score (nSPS) is 21.2. The Hall–Kier alpha value is -1.01. The molecule has 0 bridgehead atoms. The number of hydrogen-bond donors (Lipinski definition) is 0. The summed E-state index contributed by atoms with van der Waals surface area (Å²) in [5.41, 5.74) is 0. The molecule has 3 heteroatoms. The summed E-state index contributed by atoms with van der Waals surface area (Å²) in [5, 5.41) is 0. The van der Waals surface area contributed by atoms with E-state index in [2.05, 4.69) is 16.6 Å². The third-order valence-corrected chi connectivity index (χ3v) is 1.58. The molecule has 1 unspecified atom stereocenters. The van der Waals surface area contributed by atoms with Crippen molar-refractivity contribution in [2.24, 2.45) is 5.92 Å². The van der Waals surface area contributed by atoms with Gasteiger partial charge in [0.25, 0.3) is 0 Å². The standard InChI is InChI=1S/C9H12O3/c1-2-12-9(10)4-3-8-5-6-11-7-8/h8H,2,5-7H2,1H3. The molecule has 66 valence electrons. The maximum Gasteiger partial charge on any atom is 0.384 e. The van der Waals surface area contributed by atoms with Gasteiger partial charge in [-0.2, -0.15) is 0 Å². The van der Waals surface area contributed by atoms with E-state index in [-0.39, 0.29) is 5.92 Å². The average Bonchev–Trinajstić information content (AvgIpc) is 2.53. The maximum absolute atomic E-state index is 10.8. The van der Waals surface area contributed by atoms with Crippen molar-refractivity contribution in [3.63, 3.8) is 0 Å². The lowest BCUT2D eigenvalue weighted by Gasteiger charge is -1.94. The Balaban J connectivity index is 2.30. The van der Waals surface area contributed by atoms with Crippen molar-refractivity contribution in [2.45, 2.75) is 13.3 Å². The summed E-state index contributed by atoms with van der Waals surface area (Å²) in [6, 6.07) is 0. The summed E-state index contributed by atoms with van der Waals surface area (Å²) in [6.07, 6.45) is 0.923. The van der Waals surface area contributed by atoms with Crippen molar-refractivity contribution in [3.8, 4) is 11.8 Å². The second-order valence-corrected chi connectivity index (χ2v) is 2.55. The minimum Gasteiger partial charge on any atom is -0.456 e. The first-order chi connectivity index (χ1) is 5.83. The van der Waals surface area contributed by atoms with Gasteiger partial charge < -0.3 is 9.47 Å². The number of carbonyl (C=O) groups excluding carboxylic acids is 1. The fourth-order valence-corrected chi connectivity index (χ4v) is 0.977. The highest BCUT2D eigenvalue weighted by Gasteiger charge is 2.12. The highest BCUT2D eigenvalue weighted by Crippen LogP contribution is 2.09. The van der Waals surface area contributed by atoms with E-state index in [1.54, 1.807) is 6.92 Å². The van der Waals surface area contributed by atoms with E-state index < -0.39 is 5.97 Å². The Kier molecular flexibility index (Phi) is 3.62. The molecule has 0 N–H and O–H groups in total. The molecule has 1 heterocycles. The Morgan fingerprint density at radius 3 is 3.17 bits per heavy atom. The fraction of sp³-hybridized carbons (Fsp3) is 0.667. The van der Waals surface area contributed by atoms with E-state index >= 15 is 0 Å². The molecule has 12 heavy (non-hydrogen) atoms. The van der Waals surface area contributed by atoms with Gasteiger partial charge in [-0.25, -0.2) is 4.79 Å². The molecule has 0 aromatic rings.